The third-order valence-corrected chi connectivity index (χ3v) is 7.49. The molecular weight excluding hydrogens is 396 g/mol. The van der Waals surface area contributed by atoms with Gasteiger partial charge in [-0.25, -0.2) is 4.79 Å². The molecule has 1 saturated heterocycles. The van der Waals surface area contributed by atoms with Crippen molar-refractivity contribution in [2.24, 2.45) is 22.7 Å². The van der Waals surface area contributed by atoms with Gasteiger partial charge in [0.2, 0.25) is 0 Å². The zero-order valence-corrected chi connectivity index (χ0v) is 18.1. The number of hydrogen-bond acceptors (Lipinski definition) is 7. The fraction of sp³-hybridized carbons (Fsp3) is 0.667. The second-order valence-electron chi connectivity index (χ2n) is 8.64. The number of carbonyl (C=O) groups excluding carboxylic acids is 3. The predicted molar refractivity (Wildman–Crippen MR) is 106 cm³/mol. The van der Waals surface area contributed by atoms with Crippen molar-refractivity contribution in [2.45, 2.75) is 52.2 Å². The van der Waals surface area contributed by atoms with Crippen molar-refractivity contribution < 1.29 is 32.8 Å². The van der Waals surface area contributed by atoms with Gasteiger partial charge in [-0.1, -0.05) is 20.4 Å². The van der Waals surface area contributed by atoms with Crippen LogP contribution in [0, 0.1) is 22.7 Å². The maximum atomic E-state index is 12.9. The van der Waals surface area contributed by atoms with Crippen molar-refractivity contribution in [3.8, 4) is 0 Å². The summed E-state index contributed by atoms with van der Waals surface area (Å²) in [6, 6.07) is 0. The predicted octanol–water partition coefficient (Wildman–Crippen LogP) is 2.28. The monoisotopic (exact) mass is 424 g/mol. The van der Waals surface area contributed by atoms with Gasteiger partial charge in [-0.15, -0.1) is 0 Å². The van der Waals surface area contributed by atoms with Crippen molar-refractivity contribution in [3.63, 3.8) is 0 Å². The Hall–Kier alpha value is -1.96. The molecule has 0 radical (unpaired) electrons. The molecule has 7 nitrogen and oxygen atoms in total. The number of carbonyl (C=O) groups is 3. The van der Waals surface area contributed by atoms with E-state index in [1.165, 1.54) is 18.6 Å². The molecule has 0 aromatic heterocycles. The molecule has 2 saturated carbocycles. The van der Waals surface area contributed by atoms with Gasteiger partial charge in [0.05, 0.1) is 0 Å². The van der Waals surface area contributed by atoms with Gasteiger partial charge in [0, 0.05) is 41.4 Å². The number of esters is 3. The van der Waals surface area contributed by atoms with E-state index >= 15 is 0 Å². The van der Waals surface area contributed by atoms with E-state index in [1.807, 2.05) is 0 Å². The quantitative estimate of drug-likeness (QED) is 0.296. The summed E-state index contributed by atoms with van der Waals surface area (Å²) in [6.45, 7) is 9.63. The van der Waals surface area contributed by atoms with Crippen LogP contribution < -0.4 is 0 Å². The molecule has 3 aliphatic rings. The van der Waals surface area contributed by atoms with Crippen molar-refractivity contribution in [3.05, 3.63) is 23.6 Å². The molecule has 29 heavy (non-hydrogen) atoms. The smallest absolute Gasteiger partial charge is 0.331 e. The molecule has 3 rings (SSSR count). The lowest BCUT2D eigenvalue weighted by Gasteiger charge is -2.46. The summed E-state index contributed by atoms with van der Waals surface area (Å²) in [5.74, 6) is -1.68. The van der Waals surface area contributed by atoms with Crippen molar-refractivity contribution in [1.29, 1.82) is 0 Å². The van der Waals surface area contributed by atoms with Gasteiger partial charge >= 0.3 is 17.9 Å². The highest BCUT2D eigenvalue weighted by atomic mass is 32.2. The molecule has 2 aliphatic carbocycles. The molecule has 0 aromatic rings. The van der Waals surface area contributed by atoms with Gasteiger partial charge in [0.1, 0.15) is 24.2 Å². The summed E-state index contributed by atoms with van der Waals surface area (Å²) in [7, 11) is -1.27. The second kappa shape index (κ2) is 7.70. The Morgan fingerprint density at radius 3 is 2.55 bits per heavy atom. The van der Waals surface area contributed by atoms with Gasteiger partial charge < -0.3 is 14.2 Å². The van der Waals surface area contributed by atoms with Crippen molar-refractivity contribution in [1.82, 2.24) is 0 Å². The number of hydrogen-bond donors (Lipinski definition) is 0. The lowest BCUT2D eigenvalue weighted by molar-refractivity contribution is -0.172. The maximum Gasteiger partial charge on any atom is 0.331 e. The number of rotatable bonds is 4. The topological polar surface area (TPSA) is 96.0 Å². The first-order valence-corrected chi connectivity index (χ1v) is 11.4. The summed E-state index contributed by atoms with van der Waals surface area (Å²) in [5, 5.41) is 1.27. The van der Waals surface area contributed by atoms with E-state index in [0.717, 1.165) is 12.5 Å². The molecule has 7 unspecified atom stereocenters. The molecule has 1 aliphatic heterocycles. The number of fused-ring (bicyclic) bond motifs is 1. The molecule has 7 atom stereocenters. The Morgan fingerprint density at radius 2 is 2.00 bits per heavy atom. The Bertz CT molecular complexity index is 785. The third kappa shape index (κ3) is 3.56. The second-order valence-corrected chi connectivity index (χ2v) is 9.91. The third-order valence-electron chi connectivity index (χ3n) is 6.97. The minimum absolute atomic E-state index is 0.100. The maximum absolute atomic E-state index is 12.9. The number of ether oxygens (including phenoxy) is 3. The van der Waals surface area contributed by atoms with Gasteiger partial charge in [-0.2, -0.15) is 0 Å². The molecule has 160 valence electrons. The van der Waals surface area contributed by atoms with Crippen LogP contribution in [0.5, 0.6) is 0 Å². The average molecular weight is 425 g/mol. The lowest BCUT2D eigenvalue weighted by Crippen LogP contribution is -2.50. The minimum Gasteiger partial charge on any atom is -0.461 e. The van der Waals surface area contributed by atoms with Gasteiger partial charge in [-0.3, -0.25) is 13.8 Å². The van der Waals surface area contributed by atoms with Crippen molar-refractivity contribution >= 4 is 28.7 Å². The van der Waals surface area contributed by atoms with E-state index in [4.69, 9.17) is 14.2 Å². The van der Waals surface area contributed by atoms with Crippen LogP contribution in [-0.4, -0.2) is 47.2 Å². The largest absolute Gasteiger partial charge is 0.461 e. The first-order valence-electron chi connectivity index (χ1n) is 9.76. The zero-order valence-electron chi connectivity index (χ0n) is 17.3. The molecule has 8 heteroatoms. The van der Waals surface area contributed by atoms with Crippen LogP contribution in [0.1, 0.15) is 40.0 Å². The van der Waals surface area contributed by atoms with Crippen LogP contribution in [0.2, 0.25) is 0 Å². The van der Waals surface area contributed by atoms with E-state index in [9.17, 15) is 18.6 Å². The Kier molecular flexibility index (Phi) is 5.77. The molecule has 0 aromatic carbocycles. The Labute approximate surface area is 173 Å². The molecule has 3 fully saturated rings. The van der Waals surface area contributed by atoms with E-state index in [-0.39, 0.29) is 18.4 Å². The average Bonchev–Trinajstić information content (AvgIpc) is 3.06. The van der Waals surface area contributed by atoms with E-state index in [0.29, 0.717) is 18.4 Å². The SMILES string of the molecule is C=C1COC(=O)C12CC1(C)C(C)CCC(OC(=O)C=CS(C)=O)C1C2OC(C)=O. The number of cyclic esters (lactones) is 1. The highest BCUT2D eigenvalue weighted by Crippen LogP contribution is 2.66. The van der Waals surface area contributed by atoms with Crippen LogP contribution in [0.3, 0.4) is 0 Å². The summed E-state index contributed by atoms with van der Waals surface area (Å²) >= 11 is 0. The minimum atomic E-state index is -1.27. The fourth-order valence-corrected chi connectivity index (χ4v) is 5.71. The van der Waals surface area contributed by atoms with Crippen molar-refractivity contribution in [2.75, 3.05) is 12.9 Å². The van der Waals surface area contributed by atoms with Gasteiger partial charge in [-0.05, 0) is 36.2 Å². The molecule has 0 N–H and O–H groups in total. The summed E-state index contributed by atoms with van der Waals surface area (Å²) < 4.78 is 28.0. The molecule has 0 bridgehead atoms. The van der Waals surface area contributed by atoms with Crippen LogP contribution in [0.15, 0.2) is 23.6 Å². The van der Waals surface area contributed by atoms with Gasteiger partial charge in [0.15, 0.2) is 0 Å². The van der Waals surface area contributed by atoms with Crippen LogP contribution in [0.25, 0.3) is 0 Å². The highest BCUT2D eigenvalue weighted by molar-refractivity contribution is 7.87. The summed E-state index contributed by atoms with van der Waals surface area (Å²) in [4.78, 5) is 37.1. The van der Waals surface area contributed by atoms with E-state index in [2.05, 4.69) is 20.4 Å². The standard InChI is InChI=1S/C21H28O7S/c1-12-6-7-15(28-16(23)8-9-29(5)25)17-18(27-14(3)22)21(11-20(12,17)4)13(2)10-26-19(21)24/h8-9,12,15,17-18H,2,6-7,10-11H2,1,3-5H3. The molecule has 1 heterocycles. The highest BCUT2D eigenvalue weighted by Gasteiger charge is 2.71. The van der Waals surface area contributed by atoms with E-state index in [1.54, 1.807) is 0 Å². The van der Waals surface area contributed by atoms with E-state index < -0.39 is 51.7 Å². The first-order chi connectivity index (χ1) is 13.5. The summed E-state index contributed by atoms with van der Waals surface area (Å²) in [5.41, 5.74) is -0.926. The summed E-state index contributed by atoms with van der Waals surface area (Å²) in [6.07, 6.45) is 3.09. The Balaban J connectivity index is 2.02. The fourth-order valence-electron chi connectivity index (χ4n) is 5.41. The Morgan fingerprint density at radius 1 is 1.31 bits per heavy atom. The normalized spacial score (nSPS) is 40.0. The first kappa shape index (κ1) is 21.7. The lowest BCUT2D eigenvalue weighted by atomic mass is 9.61. The molecular formula is C21H28O7S. The molecule has 1 spiro atoms. The van der Waals surface area contributed by atoms with Gasteiger partial charge in [0.25, 0.3) is 0 Å². The van der Waals surface area contributed by atoms with Crippen LogP contribution in [-0.2, 0) is 39.4 Å². The van der Waals surface area contributed by atoms with Crippen LogP contribution in [0.4, 0.5) is 0 Å². The molecule has 0 amide bonds. The zero-order chi connectivity index (χ0) is 21.6. The van der Waals surface area contributed by atoms with Crippen LogP contribution >= 0.6 is 0 Å².